The maximum atomic E-state index is 12.6. The van der Waals surface area contributed by atoms with Gasteiger partial charge in [-0.3, -0.25) is 4.79 Å². The van der Waals surface area contributed by atoms with Gasteiger partial charge in [0.05, 0.1) is 16.8 Å². The maximum Gasteiger partial charge on any atom is 0.234 e. The lowest BCUT2D eigenvalue weighted by Crippen LogP contribution is -2.40. The van der Waals surface area contributed by atoms with Crippen LogP contribution in [0.4, 0.5) is 11.4 Å². The lowest BCUT2D eigenvalue weighted by Gasteiger charge is -2.30. The second kappa shape index (κ2) is 4.26. The minimum Gasteiger partial charge on any atom is -0.382 e. The van der Waals surface area contributed by atoms with Crippen molar-refractivity contribution in [1.82, 2.24) is 0 Å². The summed E-state index contributed by atoms with van der Waals surface area (Å²) in [6, 6.07) is 6.22. The van der Waals surface area contributed by atoms with Crippen LogP contribution in [0.25, 0.3) is 0 Å². The van der Waals surface area contributed by atoms with Gasteiger partial charge in [-0.25, -0.2) is 0 Å². The molecule has 0 aliphatic carbocycles. The Labute approximate surface area is 116 Å². The summed E-state index contributed by atoms with van der Waals surface area (Å²) in [6.07, 6.45) is 0. The normalized spacial score (nSPS) is 18.6. The summed E-state index contributed by atoms with van der Waals surface area (Å²) in [5, 5.41) is 3.43. The molecule has 0 saturated heterocycles. The van der Waals surface area contributed by atoms with E-state index in [0.717, 1.165) is 11.4 Å². The third-order valence-corrected chi connectivity index (χ3v) is 3.78. The number of carbonyl (C=O) groups excluding carboxylic acids is 1. The predicted octanol–water partition coefficient (Wildman–Crippen LogP) is 3.40. The van der Waals surface area contributed by atoms with Crippen molar-refractivity contribution in [3.05, 3.63) is 23.8 Å². The second-order valence-electron chi connectivity index (χ2n) is 7.05. The highest BCUT2D eigenvalue weighted by molar-refractivity contribution is 6.02. The summed E-state index contributed by atoms with van der Waals surface area (Å²) >= 11 is 0. The van der Waals surface area contributed by atoms with Gasteiger partial charge in [0.15, 0.2) is 0 Å². The van der Waals surface area contributed by atoms with Gasteiger partial charge in [0, 0.05) is 13.6 Å². The van der Waals surface area contributed by atoms with E-state index < -0.39 is 0 Å². The molecule has 0 unspecified atom stereocenters. The molecule has 0 bridgehead atoms. The van der Waals surface area contributed by atoms with Gasteiger partial charge in [-0.15, -0.1) is 0 Å². The van der Waals surface area contributed by atoms with Crippen LogP contribution in [0.1, 0.15) is 40.2 Å². The van der Waals surface area contributed by atoms with Crippen molar-refractivity contribution in [2.75, 3.05) is 23.8 Å². The Morgan fingerprint density at radius 1 is 1.26 bits per heavy atom. The zero-order valence-electron chi connectivity index (χ0n) is 12.8. The quantitative estimate of drug-likeness (QED) is 0.775. The summed E-state index contributed by atoms with van der Waals surface area (Å²) < 4.78 is 0. The van der Waals surface area contributed by atoms with Gasteiger partial charge >= 0.3 is 0 Å². The number of hydrogen-bond donors (Lipinski definition) is 1. The second-order valence-corrected chi connectivity index (χ2v) is 7.05. The topological polar surface area (TPSA) is 32.3 Å². The van der Waals surface area contributed by atoms with E-state index in [-0.39, 0.29) is 16.7 Å². The fourth-order valence-corrected chi connectivity index (χ4v) is 2.60. The van der Waals surface area contributed by atoms with Gasteiger partial charge in [0.2, 0.25) is 5.91 Å². The van der Waals surface area contributed by atoms with Gasteiger partial charge in [-0.2, -0.15) is 0 Å². The SMILES string of the molecule is CN1C(=O)C(C)(C)CNc2cccc(C(C)(C)C)c21. The summed E-state index contributed by atoms with van der Waals surface area (Å²) in [4.78, 5) is 14.4. The van der Waals surface area contributed by atoms with Crippen molar-refractivity contribution in [2.24, 2.45) is 5.41 Å². The van der Waals surface area contributed by atoms with Crippen LogP contribution in [0.2, 0.25) is 0 Å². The maximum absolute atomic E-state index is 12.6. The highest BCUT2D eigenvalue weighted by Crippen LogP contribution is 2.40. The van der Waals surface area contributed by atoms with E-state index in [9.17, 15) is 4.79 Å². The van der Waals surface area contributed by atoms with Crippen LogP contribution < -0.4 is 10.2 Å². The van der Waals surface area contributed by atoms with E-state index in [1.807, 2.05) is 25.8 Å². The van der Waals surface area contributed by atoms with Crippen molar-refractivity contribution in [2.45, 2.75) is 40.0 Å². The van der Waals surface area contributed by atoms with Crippen molar-refractivity contribution in [3.8, 4) is 0 Å². The van der Waals surface area contributed by atoms with Gasteiger partial charge in [0.25, 0.3) is 0 Å². The van der Waals surface area contributed by atoms with Crippen LogP contribution in [0.5, 0.6) is 0 Å². The number of rotatable bonds is 0. The number of hydrogen-bond acceptors (Lipinski definition) is 2. The number of benzene rings is 1. The molecular formula is C16H24N2O. The van der Waals surface area contributed by atoms with E-state index in [1.165, 1.54) is 5.56 Å². The molecule has 0 saturated carbocycles. The zero-order chi connectivity index (χ0) is 14.4. The lowest BCUT2D eigenvalue weighted by molar-refractivity contribution is -0.125. The largest absolute Gasteiger partial charge is 0.382 e. The van der Waals surface area contributed by atoms with Crippen LogP contribution in [0.15, 0.2) is 18.2 Å². The van der Waals surface area contributed by atoms with Crippen molar-refractivity contribution >= 4 is 17.3 Å². The van der Waals surface area contributed by atoms with Crippen molar-refractivity contribution in [1.29, 1.82) is 0 Å². The Morgan fingerprint density at radius 3 is 2.47 bits per heavy atom. The summed E-state index contributed by atoms with van der Waals surface area (Å²) in [5.41, 5.74) is 2.89. The highest BCUT2D eigenvalue weighted by atomic mass is 16.2. The average Bonchev–Trinajstić information content (AvgIpc) is 2.40. The van der Waals surface area contributed by atoms with Crippen LogP contribution >= 0.6 is 0 Å². The number of nitrogens with zero attached hydrogens (tertiary/aromatic N) is 1. The molecule has 1 aliphatic rings. The molecule has 19 heavy (non-hydrogen) atoms. The Kier molecular flexibility index (Phi) is 3.12. The fourth-order valence-electron chi connectivity index (χ4n) is 2.60. The Morgan fingerprint density at radius 2 is 1.89 bits per heavy atom. The molecule has 1 aliphatic heterocycles. The number of para-hydroxylation sites is 1. The van der Waals surface area contributed by atoms with Gasteiger partial charge in [-0.1, -0.05) is 32.9 Å². The van der Waals surface area contributed by atoms with Crippen LogP contribution in [0, 0.1) is 5.41 Å². The predicted molar refractivity (Wildman–Crippen MR) is 80.8 cm³/mol. The molecule has 0 aromatic heterocycles. The van der Waals surface area contributed by atoms with Gasteiger partial charge < -0.3 is 10.2 Å². The number of amides is 1. The first-order valence-corrected chi connectivity index (χ1v) is 6.80. The molecule has 1 heterocycles. The lowest BCUT2D eigenvalue weighted by atomic mass is 9.85. The van der Waals surface area contributed by atoms with E-state index in [2.05, 4.69) is 44.3 Å². The molecule has 1 amide bonds. The first-order valence-electron chi connectivity index (χ1n) is 6.80. The third-order valence-electron chi connectivity index (χ3n) is 3.78. The molecule has 0 spiro atoms. The number of nitrogens with one attached hydrogen (secondary N) is 1. The van der Waals surface area contributed by atoms with Gasteiger partial charge in [-0.05, 0) is 30.9 Å². The standard InChI is InChI=1S/C16H24N2O/c1-15(2,3)11-8-7-9-12-13(11)18(6)14(19)16(4,5)10-17-12/h7-9,17H,10H2,1-6H3. The smallest absolute Gasteiger partial charge is 0.234 e. The molecule has 3 nitrogen and oxygen atoms in total. The highest BCUT2D eigenvalue weighted by Gasteiger charge is 2.36. The summed E-state index contributed by atoms with van der Waals surface area (Å²) in [5.74, 6) is 0.162. The molecule has 3 heteroatoms. The van der Waals surface area contributed by atoms with Crippen molar-refractivity contribution < 1.29 is 4.79 Å². The Hall–Kier alpha value is -1.51. The first-order chi connectivity index (χ1) is 8.64. The van der Waals surface area contributed by atoms with Crippen LogP contribution in [-0.2, 0) is 10.2 Å². The summed E-state index contributed by atoms with van der Waals surface area (Å²) in [6.45, 7) is 11.2. The minimum absolute atomic E-state index is 0.00997. The molecule has 104 valence electrons. The van der Waals surface area contributed by atoms with E-state index >= 15 is 0 Å². The number of anilines is 2. The zero-order valence-corrected chi connectivity index (χ0v) is 12.8. The monoisotopic (exact) mass is 260 g/mol. The number of carbonyl (C=O) groups is 1. The molecule has 1 aromatic rings. The van der Waals surface area contributed by atoms with E-state index in [1.54, 1.807) is 0 Å². The molecule has 0 atom stereocenters. The first kappa shape index (κ1) is 13.9. The van der Waals surface area contributed by atoms with Crippen molar-refractivity contribution in [3.63, 3.8) is 0 Å². The number of fused-ring (bicyclic) bond motifs is 1. The van der Waals surface area contributed by atoms with Gasteiger partial charge in [0.1, 0.15) is 0 Å². The molecule has 0 radical (unpaired) electrons. The Balaban J connectivity index is 2.63. The van der Waals surface area contributed by atoms with Crippen LogP contribution in [0.3, 0.4) is 0 Å². The molecule has 0 fully saturated rings. The average molecular weight is 260 g/mol. The molecule has 1 aromatic carbocycles. The molecule has 2 rings (SSSR count). The fraction of sp³-hybridized carbons (Fsp3) is 0.562. The minimum atomic E-state index is -0.386. The Bertz CT molecular complexity index is 512. The van der Waals surface area contributed by atoms with E-state index in [0.29, 0.717) is 6.54 Å². The molecule has 1 N–H and O–H groups in total. The summed E-state index contributed by atoms with van der Waals surface area (Å²) in [7, 11) is 1.88. The van der Waals surface area contributed by atoms with E-state index in [4.69, 9.17) is 0 Å². The molecular weight excluding hydrogens is 236 g/mol. The van der Waals surface area contributed by atoms with Crippen LogP contribution in [-0.4, -0.2) is 19.5 Å². The third kappa shape index (κ3) is 2.34.